The molecule has 2 amide bonds. The molecule has 0 unspecified atom stereocenters. The third kappa shape index (κ3) is 6.31. The summed E-state index contributed by atoms with van der Waals surface area (Å²) in [5.74, 6) is -0.140. The van der Waals surface area contributed by atoms with Crippen molar-refractivity contribution in [3.8, 4) is 5.75 Å². The summed E-state index contributed by atoms with van der Waals surface area (Å²) in [4.78, 5) is 24.6. The van der Waals surface area contributed by atoms with E-state index < -0.39 is 5.91 Å². The van der Waals surface area contributed by atoms with Gasteiger partial charge in [-0.3, -0.25) is 9.59 Å². The molecule has 152 valence electrons. The van der Waals surface area contributed by atoms with Crippen LogP contribution in [0.3, 0.4) is 0 Å². The number of amides is 2. The van der Waals surface area contributed by atoms with Crippen LogP contribution >= 0.6 is 0 Å². The summed E-state index contributed by atoms with van der Waals surface area (Å²) >= 11 is 0. The Kier molecular flexibility index (Phi) is 7.33. The number of hydrogen-bond acceptors (Lipinski definition) is 4. The van der Waals surface area contributed by atoms with E-state index in [1.165, 1.54) is 0 Å². The molecule has 0 spiro atoms. The van der Waals surface area contributed by atoms with Crippen molar-refractivity contribution in [3.05, 3.63) is 96.1 Å². The van der Waals surface area contributed by atoms with Crippen molar-refractivity contribution >= 4 is 23.2 Å². The molecule has 0 aliphatic rings. The minimum absolute atomic E-state index is 0.0708. The minimum Gasteiger partial charge on any atom is -0.488 e. The number of ether oxygens (including phenoxy) is 1. The highest BCUT2D eigenvalue weighted by atomic mass is 16.5. The second kappa shape index (κ2) is 10.6. The topological polar surface area (TPSA) is 79.8 Å². The van der Waals surface area contributed by atoms with Gasteiger partial charge in [-0.1, -0.05) is 60.7 Å². The van der Waals surface area contributed by atoms with Gasteiger partial charge in [-0.25, -0.2) is 5.43 Å². The Balaban J connectivity index is 1.56. The van der Waals surface area contributed by atoms with E-state index in [4.69, 9.17) is 4.74 Å². The van der Waals surface area contributed by atoms with Crippen LogP contribution < -0.4 is 15.5 Å². The zero-order valence-corrected chi connectivity index (χ0v) is 16.7. The second-order valence-corrected chi connectivity index (χ2v) is 6.65. The lowest BCUT2D eigenvalue weighted by Crippen LogP contribution is -2.22. The highest BCUT2D eigenvalue weighted by Crippen LogP contribution is 2.19. The average molecular weight is 401 g/mol. The van der Waals surface area contributed by atoms with Gasteiger partial charge in [0.2, 0.25) is 5.91 Å². The zero-order valence-electron chi connectivity index (χ0n) is 16.7. The van der Waals surface area contributed by atoms with Crippen LogP contribution in [0.2, 0.25) is 0 Å². The molecule has 0 saturated heterocycles. The van der Waals surface area contributed by atoms with E-state index in [2.05, 4.69) is 15.8 Å². The number of nitrogens with zero attached hydrogens (tertiary/aromatic N) is 1. The Labute approximate surface area is 175 Å². The zero-order chi connectivity index (χ0) is 21.2. The molecule has 0 fully saturated rings. The first-order valence-corrected chi connectivity index (χ1v) is 9.56. The number of anilines is 1. The molecule has 0 aliphatic carbocycles. The number of hydrogen-bond donors (Lipinski definition) is 2. The summed E-state index contributed by atoms with van der Waals surface area (Å²) in [6.45, 7) is 2.04. The number of hydrazone groups is 1. The Morgan fingerprint density at radius 2 is 1.50 bits per heavy atom. The van der Waals surface area contributed by atoms with Crippen molar-refractivity contribution in [2.24, 2.45) is 5.10 Å². The van der Waals surface area contributed by atoms with Gasteiger partial charge in [0.05, 0.1) is 12.0 Å². The van der Waals surface area contributed by atoms with Gasteiger partial charge in [-0.15, -0.1) is 0 Å². The molecule has 0 aromatic heterocycles. The van der Waals surface area contributed by atoms with Gasteiger partial charge in [0, 0.05) is 11.4 Å². The van der Waals surface area contributed by atoms with Crippen molar-refractivity contribution < 1.29 is 14.3 Å². The van der Waals surface area contributed by atoms with E-state index >= 15 is 0 Å². The van der Waals surface area contributed by atoms with Gasteiger partial charge in [0.15, 0.2) is 0 Å². The van der Waals surface area contributed by atoms with Crippen LogP contribution in [-0.2, 0) is 11.4 Å². The normalized spacial score (nSPS) is 10.9. The second-order valence-electron chi connectivity index (χ2n) is 6.65. The monoisotopic (exact) mass is 401 g/mol. The van der Waals surface area contributed by atoms with Gasteiger partial charge < -0.3 is 10.1 Å². The van der Waals surface area contributed by atoms with Crippen LogP contribution in [0.4, 0.5) is 5.69 Å². The van der Waals surface area contributed by atoms with Gasteiger partial charge in [0.25, 0.3) is 5.91 Å². The molecule has 0 radical (unpaired) electrons. The van der Waals surface area contributed by atoms with Gasteiger partial charge in [0.1, 0.15) is 12.4 Å². The predicted molar refractivity (Wildman–Crippen MR) is 117 cm³/mol. The molecular formula is C24H23N3O3. The van der Waals surface area contributed by atoms with E-state index in [-0.39, 0.29) is 12.3 Å². The van der Waals surface area contributed by atoms with Crippen LogP contribution in [-0.4, -0.2) is 17.5 Å². The quantitative estimate of drug-likeness (QED) is 0.434. The van der Waals surface area contributed by atoms with Crippen LogP contribution in [0.1, 0.15) is 29.3 Å². The fourth-order valence-electron chi connectivity index (χ4n) is 2.72. The first-order valence-electron chi connectivity index (χ1n) is 9.56. The summed E-state index contributed by atoms with van der Waals surface area (Å²) < 4.78 is 5.81. The molecule has 0 saturated carbocycles. The molecule has 0 atom stereocenters. The predicted octanol–water partition coefficient (Wildman–Crippen LogP) is 4.40. The standard InChI is InChI=1S/C24H23N3O3/c1-18(16-23(28)25-20-12-6-3-7-13-20)26-27-24(29)21-14-8-9-15-22(21)30-17-19-10-4-2-5-11-19/h2-15H,16-17H2,1H3,(H,25,28)(H,27,29)/b26-18-. The molecule has 3 rings (SSSR count). The van der Waals surface area contributed by atoms with Crippen LogP contribution in [0.25, 0.3) is 0 Å². The fourth-order valence-corrected chi connectivity index (χ4v) is 2.72. The molecular weight excluding hydrogens is 378 g/mol. The summed E-state index contributed by atoms with van der Waals surface area (Å²) in [5.41, 5.74) is 5.07. The lowest BCUT2D eigenvalue weighted by molar-refractivity contribution is -0.115. The third-order valence-electron chi connectivity index (χ3n) is 4.19. The number of carbonyl (C=O) groups excluding carboxylic acids is 2. The third-order valence-corrected chi connectivity index (χ3v) is 4.19. The fraction of sp³-hybridized carbons (Fsp3) is 0.125. The smallest absolute Gasteiger partial charge is 0.275 e. The Morgan fingerprint density at radius 1 is 0.867 bits per heavy atom. The number of para-hydroxylation sites is 2. The van der Waals surface area contributed by atoms with Crippen molar-refractivity contribution in [1.82, 2.24) is 5.43 Å². The largest absolute Gasteiger partial charge is 0.488 e. The molecule has 3 aromatic carbocycles. The first kappa shape index (κ1) is 20.8. The minimum atomic E-state index is -0.401. The van der Waals surface area contributed by atoms with Crippen molar-refractivity contribution in [2.75, 3.05) is 5.32 Å². The van der Waals surface area contributed by atoms with Gasteiger partial charge in [-0.2, -0.15) is 5.10 Å². The Hall–Kier alpha value is -3.93. The average Bonchev–Trinajstić information content (AvgIpc) is 2.77. The van der Waals surface area contributed by atoms with Crippen LogP contribution in [0, 0.1) is 0 Å². The molecule has 3 aromatic rings. The summed E-state index contributed by atoms with van der Waals surface area (Å²) in [7, 11) is 0. The Bertz CT molecular complexity index is 1020. The van der Waals surface area contributed by atoms with Crippen LogP contribution in [0.15, 0.2) is 90.0 Å². The van der Waals surface area contributed by atoms with E-state index in [0.717, 1.165) is 5.56 Å². The number of carbonyl (C=O) groups is 2. The van der Waals surface area contributed by atoms with E-state index in [1.54, 1.807) is 43.3 Å². The van der Waals surface area contributed by atoms with Crippen molar-refractivity contribution in [1.29, 1.82) is 0 Å². The molecule has 0 aliphatic heterocycles. The van der Waals surface area contributed by atoms with Crippen LogP contribution in [0.5, 0.6) is 5.75 Å². The lowest BCUT2D eigenvalue weighted by atomic mass is 10.2. The van der Waals surface area contributed by atoms with Crippen molar-refractivity contribution in [2.45, 2.75) is 20.0 Å². The molecule has 0 heterocycles. The number of rotatable bonds is 8. The molecule has 0 bridgehead atoms. The summed E-state index contributed by atoms with van der Waals surface area (Å²) in [5, 5.41) is 6.82. The summed E-state index contributed by atoms with van der Waals surface area (Å²) in [6.07, 6.45) is 0.0708. The number of benzene rings is 3. The molecule has 2 N–H and O–H groups in total. The Morgan fingerprint density at radius 3 is 2.23 bits per heavy atom. The molecule has 6 nitrogen and oxygen atoms in total. The highest BCUT2D eigenvalue weighted by molar-refractivity contribution is 6.06. The maximum atomic E-state index is 12.6. The van der Waals surface area contributed by atoms with Crippen molar-refractivity contribution in [3.63, 3.8) is 0 Å². The van der Waals surface area contributed by atoms with Gasteiger partial charge in [-0.05, 0) is 36.8 Å². The van der Waals surface area contributed by atoms with Gasteiger partial charge >= 0.3 is 0 Å². The SMILES string of the molecule is C/C(CC(=O)Nc1ccccc1)=N/NC(=O)c1ccccc1OCc1ccccc1. The number of nitrogens with one attached hydrogen (secondary N) is 2. The molecule has 6 heteroatoms. The van der Waals surface area contributed by atoms with E-state index in [0.29, 0.717) is 29.3 Å². The van der Waals surface area contributed by atoms with E-state index in [1.807, 2.05) is 48.5 Å². The lowest BCUT2D eigenvalue weighted by Gasteiger charge is -2.11. The summed E-state index contributed by atoms with van der Waals surface area (Å²) in [6, 6.07) is 25.8. The maximum absolute atomic E-state index is 12.6. The molecule has 30 heavy (non-hydrogen) atoms. The highest BCUT2D eigenvalue weighted by Gasteiger charge is 2.12. The first-order chi connectivity index (χ1) is 14.6. The maximum Gasteiger partial charge on any atom is 0.275 e. The van der Waals surface area contributed by atoms with E-state index in [9.17, 15) is 9.59 Å².